The van der Waals surface area contributed by atoms with Crippen LogP contribution in [0.5, 0.6) is 0 Å². The second kappa shape index (κ2) is 6.12. The molecule has 0 aliphatic carbocycles. The quantitative estimate of drug-likeness (QED) is 0.839. The Kier molecular flexibility index (Phi) is 4.50. The molecular weight excluding hydrogens is 258 g/mol. The number of nitrogens with zero attached hydrogens (tertiary/aromatic N) is 2. The fourth-order valence-electron chi connectivity index (χ4n) is 2.31. The van der Waals surface area contributed by atoms with Gasteiger partial charge in [0.1, 0.15) is 0 Å². The monoisotopic (exact) mass is 277 g/mol. The van der Waals surface area contributed by atoms with Crippen LogP contribution < -0.4 is 5.73 Å². The minimum Gasteiger partial charge on any atom is -0.392 e. The van der Waals surface area contributed by atoms with E-state index >= 15 is 0 Å². The van der Waals surface area contributed by atoms with Crippen LogP contribution in [0.2, 0.25) is 0 Å². The van der Waals surface area contributed by atoms with Gasteiger partial charge in [0, 0.05) is 38.3 Å². The van der Waals surface area contributed by atoms with Crippen LogP contribution in [0, 0.1) is 6.92 Å². The second-order valence-corrected chi connectivity index (χ2v) is 5.37. The molecule has 1 aromatic rings. The molecule has 1 aromatic carbocycles. The summed E-state index contributed by atoms with van der Waals surface area (Å²) in [6.45, 7) is 5.73. The molecule has 0 bridgehead atoms. The molecule has 0 saturated carbocycles. The molecule has 0 unspecified atom stereocenters. The number of hydrogen-bond donors (Lipinski definition) is 1. The number of rotatable bonds is 3. The van der Waals surface area contributed by atoms with Crippen LogP contribution >= 0.6 is 12.2 Å². The fraction of sp³-hybridized carbons (Fsp3) is 0.429. The summed E-state index contributed by atoms with van der Waals surface area (Å²) in [5.74, 6) is 0.119. The van der Waals surface area contributed by atoms with Gasteiger partial charge >= 0.3 is 0 Å². The SMILES string of the molecule is Cc1ccccc1C(=O)N1CCN(CC(N)=S)CC1. The Bertz CT molecular complexity index is 481. The first-order chi connectivity index (χ1) is 9.08. The first kappa shape index (κ1) is 14.0. The Hall–Kier alpha value is -1.46. The van der Waals surface area contributed by atoms with Gasteiger partial charge in [-0.25, -0.2) is 0 Å². The smallest absolute Gasteiger partial charge is 0.254 e. The molecule has 2 N–H and O–H groups in total. The van der Waals surface area contributed by atoms with Gasteiger partial charge in [0.05, 0.1) is 4.99 Å². The lowest BCUT2D eigenvalue weighted by Gasteiger charge is -2.34. The lowest BCUT2D eigenvalue weighted by Crippen LogP contribution is -2.50. The van der Waals surface area contributed by atoms with Crippen molar-refractivity contribution in [1.82, 2.24) is 9.80 Å². The number of benzene rings is 1. The molecule has 5 heteroatoms. The highest BCUT2D eigenvalue weighted by molar-refractivity contribution is 7.80. The molecule has 0 atom stereocenters. The van der Waals surface area contributed by atoms with Crippen LogP contribution in [0.3, 0.4) is 0 Å². The van der Waals surface area contributed by atoms with Gasteiger partial charge in [0.25, 0.3) is 5.91 Å². The van der Waals surface area contributed by atoms with Gasteiger partial charge in [-0.2, -0.15) is 0 Å². The minimum atomic E-state index is 0.119. The molecule has 1 aliphatic heterocycles. The van der Waals surface area contributed by atoms with Crippen molar-refractivity contribution >= 4 is 23.1 Å². The van der Waals surface area contributed by atoms with Gasteiger partial charge in [-0.05, 0) is 18.6 Å². The van der Waals surface area contributed by atoms with E-state index in [1.54, 1.807) is 0 Å². The van der Waals surface area contributed by atoms with Gasteiger partial charge in [-0.1, -0.05) is 30.4 Å². The molecule has 1 heterocycles. The summed E-state index contributed by atoms with van der Waals surface area (Å²) in [7, 11) is 0. The van der Waals surface area contributed by atoms with E-state index in [-0.39, 0.29) is 5.91 Å². The molecule has 102 valence electrons. The number of carbonyl (C=O) groups excluding carboxylic acids is 1. The molecular formula is C14H19N3OS. The van der Waals surface area contributed by atoms with E-state index in [0.717, 1.165) is 37.3 Å². The number of piperazine rings is 1. The standard InChI is InChI=1S/C14H19N3OS/c1-11-4-2-3-5-12(11)14(18)17-8-6-16(7-9-17)10-13(15)19/h2-5H,6-10H2,1H3,(H2,15,19). The topological polar surface area (TPSA) is 49.6 Å². The van der Waals surface area contributed by atoms with Crippen LogP contribution in [-0.4, -0.2) is 53.4 Å². The number of aryl methyl sites for hydroxylation is 1. The fourth-order valence-corrected chi connectivity index (χ4v) is 2.50. The Morgan fingerprint density at radius 2 is 1.89 bits per heavy atom. The van der Waals surface area contributed by atoms with Crippen LogP contribution in [0.4, 0.5) is 0 Å². The van der Waals surface area contributed by atoms with Crippen LogP contribution in [0.1, 0.15) is 15.9 Å². The third-order valence-electron chi connectivity index (χ3n) is 3.41. The Morgan fingerprint density at radius 3 is 2.47 bits per heavy atom. The summed E-state index contributed by atoms with van der Waals surface area (Å²) in [5, 5.41) is 0. The maximum absolute atomic E-state index is 12.4. The number of nitrogens with two attached hydrogens (primary N) is 1. The van der Waals surface area contributed by atoms with Crippen LogP contribution in [0.25, 0.3) is 0 Å². The van der Waals surface area contributed by atoms with Gasteiger partial charge < -0.3 is 10.6 Å². The third kappa shape index (κ3) is 3.52. The van der Waals surface area contributed by atoms with Crippen molar-refractivity contribution in [2.24, 2.45) is 5.73 Å². The lowest BCUT2D eigenvalue weighted by molar-refractivity contribution is 0.0654. The summed E-state index contributed by atoms with van der Waals surface area (Å²) in [6, 6.07) is 7.71. The van der Waals surface area contributed by atoms with E-state index in [9.17, 15) is 4.79 Å². The molecule has 4 nitrogen and oxygen atoms in total. The average molecular weight is 277 g/mol. The van der Waals surface area contributed by atoms with Crippen molar-refractivity contribution in [2.75, 3.05) is 32.7 Å². The van der Waals surface area contributed by atoms with Crippen LogP contribution in [0.15, 0.2) is 24.3 Å². The van der Waals surface area contributed by atoms with E-state index < -0.39 is 0 Å². The van der Waals surface area contributed by atoms with E-state index in [1.165, 1.54) is 0 Å². The Balaban J connectivity index is 1.96. The maximum atomic E-state index is 12.4. The highest BCUT2D eigenvalue weighted by atomic mass is 32.1. The Morgan fingerprint density at radius 1 is 1.26 bits per heavy atom. The number of hydrogen-bond acceptors (Lipinski definition) is 3. The van der Waals surface area contributed by atoms with Gasteiger partial charge in [0.15, 0.2) is 0 Å². The average Bonchev–Trinajstić information content (AvgIpc) is 2.39. The molecule has 1 saturated heterocycles. The van der Waals surface area contributed by atoms with Crippen LogP contribution in [-0.2, 0) is 0 Å². The Labute approximate surface area is 119 Å². The zero-order valence-corrected chi connectivity index (χ0v) is 11.9. The normalized spacial score (nSPS) is 16.4. The van der Waals surface area contributed by atoms with Crippen molar-refractivity contribution in [3.63, 3.8) is 0 Å². The summed E-state index contributed by atoms with van der Waals surface area (Å²) in [4.78, 5) is 17.0. The second-order valence-electron chi connectivity index (χ2n) is 4.85. The van der Waals surface area contributed by atoms with E-state index in [2.05, 4.69) is 4.90 Å². The van der Waals surface area contributed by atoms with Gasteiger partial charge in [-0.3, -0.25) is 9.69 Å². The summed E-state index contributed by atoms with van der Waals surface area (Å²) >= 11 is 4.91. The molecule has 0 spiro atoms. The molecule has 1 fully saturated rings. The van der Waals surface area contributed by atoms with Crippen molar-refractivity contribution in [3.05, 3.63) is 35.4 Å². The maximum Gasteiger partial charge on any atom is 0.254 e. The molecule has 1 aliphatic rings. The van der Waals surface area contributed by atoms with Crippen molar-refractivity contribution in [3.8, 4) is 0 Å². The molecule has 0 aromatic heterocycles. The summed E-state index contributed by atoms with van der Waals surface area (Å²) in [5.41, 5.74) is 7.36. The van der Waals surface area contributed by atoms with Gasteiger partial charge in [-0.15, -0.1) is 0 Å². The van der Waals surface area contributed by atoms with Crippen molar-refractivity contribution in [1.29, 1.82) is 0 Å². The first-order valence-corrected chi connectivity index (χ1v) is 6.84. The highest BCUT2D eigenvalue weighted by Gasteiger charge is 2.22. The predicted octanol–water partition coefficient (Wildman–Crippen LogP) is 1.04. The largest absolute Gasteiger partial charge is 0.392 e. The summed E-state index contributed by atoms with van der Waals surface area (Å²) in [6.07, 6.45) is 0. The number of thiocarbonyl (C=S) groups is 1. The third-order valence-corrected chi connectivity index (χ3v) is 3.54. The highest BCUT2D eigenvalue weighted by Crippen LogP contribution is 2.12. The van der Waals surface area contributed by atoms with Gasteiger partial charge in [0.2, 0.25) is 0 Å². The molecule has 0 radical (unpaired) electrons. The molecule has 1 amide bonds. The summed E-state index contributed by atoms with van der Waals surface area (Å²) < 4.78 is 0. The van der Waals surface area contributed by atoms with E-state index in [4.69, 9.17) is 18.0 Å². The predicted molar refractivity (Wildman–Crippen MR) is 80.3 cm³/mol. The van der Waals surface area contributed by atoms with Crippen molar-refractivity contribution in [2.45, 2.75) is 6.92 Å². The minimum absolute atomic E-state index is 0.119. The van der Waals surface area contributed by atoms with E-state index in [0.29, 0.717) is 11.5 Å². The first-order valence-electron chi connectivity index (χ1n) is 6.43. The lowest BCUT2D eigenvalue weighted by atomic mass is 10.1. The van der Waals surface area contributed by atoms with Crippen molar-refractivity contribution < 1.29 is 4.79 Å². The molecule has 19 heavy (non-hydrogen) atoms. The number of carbonyl (C=O) groups is 1. The zero-order chi connectivity index (χ0) is 13.8. The van der Waals surface area contributed by atoms with E-state index in [1.807, 2.05) is 36.1 Å². The molecule has 2 rings (SSSR count). The number of amides is 1. The zero-order valence-electron chi connectivity index (χ0n) is 11.1.